The monoisotopic (exact) mass is 344 g/mol. The van der Waals surface area contributed by atoms with Gasteiger partial charge in [-0.05, 0) is 18.2 Å². The summed E-state index contributed by atoms with van der Waals surface area (Å²) in [5, 5.41) is 9.20. The molecule has 128 valence electrons. The second-order valence-electron chi connectivity index (χ2n) is 5.80. The first-order valence-electron chi connectivity index (χ1n) is 8.29. The summed E-state index contributed by atoms with van der Waals surface area (Å²) in [4.78, 5) is 25.8. The first-order chi connectivity index (χ1) is 12.8. The van der Waals surface area contributed by atoms with Crippen LogP contribution in [-0.2, 0) is 0 Å². The zero-order chi connectivity index (χ0) is 17.8. The van der Waals surface area contributed by atoms with E-state index in [0.717, 1.165) is 37.4 Å². The molecule has 4 heterocycles. The van der Waals surface area contributed by atoms with E-state index >= 15 is 0 Å². The molecule has 0 bridgehead atoms. The minimum absolute atomic E-state index is 0.357. The van der Waals surface area contributed by atoms with Gasteiger partial charge in [0, 0.05) is 62.7 Å². The summed E-state index contributed by atoms with van der Waals surface area (Å²) in [7, 11) is 0. The Morgan fingerprint density at radius 1 is 0.885 bits per heavy atom. The van der Waals surface area contributed by atoms with Crippen LogP contribution in [0.1, 0.15) is 5.69 Å². The summed E-state index contributed by atoms with van der Waals surface area (Å²) in [6.45, 7) is 2.96. The summed E-state index contributed by atoms with van der Waals surface area (Å²) in [5.41, 5.74) is 2.18. The van der Waals surface area contributed by atoms with Crippen LogP contribution in [0.5, 0.6) is 0 Å². The van der Waals surface area contributed by atoms with Gasteiger partial charge < -0.3 is 9.80 Å². The molecule has 0 aliphatic carbocycles. The number of nitriles is 1. The third-order valence-corrected chi connectivity index (χ3v) is 4.25. The first kappa shape index (κ1) is 15.9. The first-order valence-corrected chi connectivity index (χ1v) is 8.29. The number of rotatable bonds is 3. The molecule has 8 heteroatoms. The highest BCUT2D eigenvalue weighted by molar-refractivity contribution is 5.59. The molecular formula is C18H16N8. The fourth-order valence-electron chi connectivity index (χ4n) is 2.94. The molecule has 0 saturated carbocycles. The predicted molar refractivity (Wildman–Crippen MR) is 96.4 cm³/mol. The van der Waals surface area contributed by atoms with Gasteiger partial charge >= 0.3 is 0 Å². The third kappa shape index (κ3) is 3.15. The summed E-state index contributed by atoms with van der Waals surface area (Å²) in [5.74, 6) is 1.34. The molecule has 4 rings (SSSR count). The molecule has 0 spiro atoms. The number of hydrogen-bond acceptors (Lipinski definition) is 8. The fraction of sp³-hybridized carbons (Fsp3) is 0.222. The summed E-state index contributed by atoms with van der Waals surface area (Å²) >= 11 is 0. The van der Waals surface area contributed by atoms with Crippen molar-refractivity contribution in [3.05, 3.63) is 54.9 Å². The minimum Gasteiger partial charge on any atom is -0.351 e. The van der Waals surface area contributed by atoms with Gasteiger partial charge in [0.25, 0.3) is 0 Å². The van der Waals surface area contributed by atoms with Gasteiger partial charge in [-0.2, -0.15) is 5.26 Å². The van der Waals surface area contributed by atoms with Gasteiger partial charge in [0.15, 0.2) is 11.5 Å². The molecule has 1 aliphatic heterocycles. The van der Waals surface area contributed by atoms with Crippen LogP contribution < -0.4 is 9.80 Å². The zero-order valence-corrected chi connectivity index (χ0v) is 14.0. The van der Waals surface area contributed by atoms with Crippen LogP contribution in [0.25, 0.3) is 11.3 Å². The van der Waals surface area contributed by atoms with E-state index in [4.69, 9.17) is 0 Å². The molecule has 0 N–H and O–H groups in total. The lowest BCUT2D eigenvalue weighted by Crippen LogP contribution is -2.47. The van der Waals surface area contributed by atoms with Crippen LogP contribution in [0, 0.1) is 11.3 Å². The fourth-order valence-corrected chi connectivity index (χ4v) is 2.94. The lowest BCUT2D eigenvalue weighted by molar-refractivity contribution is 0.633. The average molecular weight is 344 g/mol. The lowest BCUT2D eigenvalue weighted by Gasteiger charge is -2.35. The number of hydrogen-bond donors (Lipinski definition) is 0. The number of piperazine rings is 1. The summed E-state index contributed by atoms with van der Waals surface area (Å²) in [6, 6.07) is 7.86. The van der Waals surface area contributed by atoms with E-state index in [0.29, 0.717) is 17.5 Å². The molecule has 26 heavy (non-hydrogen) atoms. The Morgan fingerprint density at radius 2 is 1.69 bits per heavy atom. The highest BCUT2D eigenvalue weighted by atomic mass is 15.3. The molecule has 3 aromatic rings. The maximum absolute atomic E-state index is 9.20. The van der Waals surface area contributed by atoms with Gasteiger partial charge in [-0.3, -0.25) is 4.98 Å². The van der Waals surface area contributed by atoms with Crippen molar-refractivity contribution in [3.8, 4) is 17.3 Å². The van der Waals surface area contributed by atoms with Crippen molar-refractivity contribution in [1.29, 1.82) is 5.26 Å². The number of anilines is 2. The van der Waals surface area contributed by atoms with Crippen molar-refractivity contribution >= 4 is 11.8 Å². The Hall–Kier alpha value is -3.60. The molecule has 0 unspecified atom stereocenters. The highest BCUT2D eigenvalue weighted by Gasteiger charge is 2.22. The van der Waals surface area contributed by atoms with E-state index in [1.165, 1.54) is 6.20 Å². The van der Waals surface area contributed by atoms with Crippen LogP contribution in [0.15, 0.2) is 49.2 Å². The zero-order valence-electron chi connectivity index (χ0n) is 14.0. The summed E-state index contributed by atoms with van der Waals surface area (Å²) < 4.78 is 0. The molecule has 0 atom stereocenters. The van der Waals surface area contributed by atoms with Crippen molar-refractivity contribution < 1.29 is 0 Å². The lowest BCUT2D eigenvalue weighted by atomic mass is 10.2. The Morgan fingerprint density at radius 3 is 2.46 bits per heavy atom. The molecule has 0 aromatic carbocycles. The normalized spacial score (nSPS) is 14.1. The smallest absolute Gasteiger partial charge is 0.225 e. The predicted octanol–water partition coefficient (Wildman–Crippen LogP) is 1.53. The van der Waals surface area contributed by atoms with Crippen molar-refractivity contribution in [2.24, 2.45) is 0 Å². The van der Waals surface area contributed by atoms with Gasteiger partial charge in [-0.1, -0.05) is 0 Å². The highest BCUT2D eigenvalue weighted by Crippen LogP contribution is 2.21. The molecule has 8 nitrogen and oxygen atoms in total. The van der Waals surface area contributed by atoms with E-state index in [2.05, 4.69) is 40.8 Å². The minimum atomic E-state index is 0.357. The van der Waals surface area contributed by atoms with Gasteiger partial charge in [0.1, 0.15) is 6.07 Å². The Labute approximate surface area is 150 Å². The Bertz CT molecular complexity index is 929. The maximum atomic E-state index is 9.20. The van der Waals surface area contributed by atoms with Crippen LogP contribution in [0.2, 0.25) is 0 Å². The van der Waals surface area contributed by atoms with Crippen molar-refractivity contribution in [2.75, 3.05) is 36.0 Å². The molecule has 0 radical (unpaired) electrons. The van der Waals surface area contributed by atoms with Crippen molar-refractivity contribution in [1.82, 2.24) is 24.9 Å². The topological polar surface area (TPSA) is 94.7 Å². The SMILES string of the molecule is N#Cc1nccnc1N1CCN(c2nccc(-c3cccnc3)n2)CC1. The molecule has 1 saturated heterocycles. The van der Waals surface area contributed by atoms with E-state index in [-0.39, 0.29) is 0 Å². The molecule has 0 amide bonds. The maximum Gasteiger partial charge on any atom is 0.225 e. The quantitative estimate of drug-likeness (QED) is 0.706. The molecule has 1 fully saturated rings. The van der Waals surface area contributed by atoms with Crippen LogP contribution in [0.3, 0.4) is 0 Å². The van der Waals surface area contributed by atoms with Gasteiger partial charge in [0.05, 0.1) is 5.69 Å². The van der Waals surface area contributed by atoms with Gasteiger partial charge in [-0.15, -0.1) is 0 Å². The third-order valence-electron chi connectivity index (χ3n) is 4.25. The number of pyridine rings is 1. The van der Waals surface area contributed by atoms with E-state index in [1.54, 1.807) is 24.8 Å². The van der Waals surface area contributed by atoms with Crippen molar-refractivity contribution in [3.63, 3.8) is 0 Å². The van der Waals surface area contributed by atoms with E-state index < -0.39 is 0 Å². The Balaban J connectivity index is 1.50. The van der Waals surface area contributed by atoms with Crippen molar-refractivity contribution in [2.45, 2.75) is 0 Å². The van der Waals surface area contributed by atoms with Gasteiger partial charge in [-0.25, -0.2) is 19.9 Å². The van der Waals surface area contributed by atoms with Crippen LogP contribution in [-0.4, -0.2) is 51.1 Å². The van der Waals surface area contributed by atoms with E-state index in [9.17, 15) is 5.26 Å². The van der Waals surface area contributed by atoms with Crippen LogP contribution in [0.4, 0.5) is 11.8 Å². The second kappa shape index (κ2) is 7.11. The van der Waals surface area contributed by atoms with Gasteiger partial charge in [0.2, 0.25) is 5.95 Å². The molecule has 3 aromatic heterocycles. The molecule has 1 aliphatic rings. The van der Waals surface area contributed by atoms with Crippen LogP contribution >= 0.6 is 0 Å². The largest absolute Gasteiger partial charge is 0.351 e. The Kier molecular flexibility index (Phi) is 4.35. The number of nitrogens with zero attached hydrogens (tertiary/aromatic N) is 8. The average Bonchev–Trinajstić information content (AvgIpc) is 2.74. The van der Waals surface area contributed by atoms with E-state index in [1.807, 2.05) is 18.2 Å². The summed E-state index contributed by atoms with van der Waals surface area (Å²) in [6.07, 6.45) is 8.46. The standard InChI is InChI=1S/C18H16N8/c19-12-16-17(22-7-6-21-16)25-8-10-26(11-9-25)18-23-5-3-15(24-18)14-2-1-4-20-13-14/h1-7,13H,8-11H2. The molecular weight excluding hydrogens is 328 g/mol. The number of aromatic nitrogens is 5. The second-order valence-corrected chi connectivity index (χ2v) is 5.80.